The van der Waals surface area contributed by atoms with Gasteiger partial charge in [-0.05, 0) is 24.5 Å². The number of nitrogens with zero attached hydrogens (tertiary/aromatic N) is 2. The highest BCUT2D eigenvalue weighted by atomic mass is 35.5. The van der Waals surface area contributed by atoms with Crippen molar-refractivity contribution >= 4 is 36.4 Å². The van der Waals surface area contributed by atoms with Crippen molar-refractivity contribution in [3.8, 4) is 0 Å². The molecule has 0 spiro atoms. The number of hydrogen-bond acceptors (Lipinski definition) is 3. The molecule has 7 heteroatoms. The van der Waals surface area contributed by atoms with Crippen LogP contribution in [0.15, 0.2) is 24.4 Å². The molecule has 2 aromatic heterocycles. The Morgan fingerprint density at radius 1 is 1.36 bits per heavy atom. The van der Waals surface area contributed by atoms with E-state index in [1.54, 1.807) is 0 Å². The molecule has 0 aliphatic rings. The maximum Gasteiger partial charge on any atom is 0.237 e. The highest BCUT2D eigenvalue weighted by molar-refractivity contribution is 5.85. The van der Waals surface area contributed by atoms with Crippen molar-refractivity contribution in [2.24, 2.45) is 11.1 Å². The number of fused-ring (bicyclic) bond motifs is 1. The zero-order valence-electron chi connectivity index (χ0n) is 13.3. The number of nitrogens with two attached hydrogens (primary N) is 1. The Labute approximate surface area is 143 Å². The molecule has 0 aromatic carbocycles. The van der Waals surface area contributed by atoms with Crippen LogP contribution in [0.5, 0.6) is 0 Å². The van der Waals surface area contributed by atoms with Gasteiger partial charge in [0.05, 0.1) is 18.3 Å². The standard InChI is InChI=1S/C15H22N4O.2ClH/c1-10-6-5-7-12-18-11(9-19(10)12)8-17-14(20)13(16)15(2,3)4;;/h5-7,9,13H,8,16H2,1-4H3,(H,17,20);2*1H/t13-;;/m1../s1. The largest absolute Gasteiger partial charge is 0.349 e. The van der Waals surface area contributed by atoms with Crippen molar-refractivity contribution < 1.29 is 4.79 Å². The summed E-state index contributed by atoms with van der Waals surface area (Å²) in [4.78, 5) is 16.4. The quantitative estimate of drug-likeness (QED) is 0.896. The van der Waals surface area contributed by atoms with Crippen LogP contribution in [0.25, 0.3) is 5.65 Å². The van der Waals surface area contributed by atoms with Gasteiger partial charge in [0, 0.05) is 11.9 Å². The molecule has 0 saturated carbocycles. The van der Waals surface area contributed by atoms with E-state index in [1.807, 2.05) is 56.5 Å². The van der Waals surface area contributed by atoms with E-state index >= 15 is 0 Å². The lowest BCUT2D eigenvalue weighted by atomic mass is 9.87. The van der Waals surface area contributed by atoms with E-state index < -0.39 is 6.04 Å². The fraction of sp³-hybridized carbons (Fsp3) is 0.467. The lowest BCUT2D eigenvalue weighted by Gasteiger charge is -2.25. The number of amides is 1. The summed E-state index contributed by atoms with van der Waals surface area (Å²) in [5.41, 5.74) is 8.49. The summed E-state index contributed by atoms with van der Waals surface area (Å²) in [6.45, 7) is 8.26. The molecule has 2 heterocycles. The normalized spacial score (nSPS) is 12.2. The molecular formula is C15H24Cl2N4O. The Kier molecular flexibility index (Phi) is 7.35. The second kappa shape index (κ2) is 7.81. The smallest absolute Gasteiger partial charge is 0.237 e. The Balaban J connectivity index is 0.00000220. The summed E-state index contributed by atoms with van der Waals surface area (Å²) in [5, 5.41) is 2.85. The van der Waals surface area contributed by atoms with Gasteiger partial charge in [0.25, 0.3) is 0 Å². The second-order valence-electron chi connectivity index (χ2n) is 6.19. The van der Waals surface area contributed by atoms with Crippen LogP contribution in [0.3, 0.4) is 0 Å². The van der Waals surface area contributed by atoms with Gasteiger partial charge in [0.2, 0.25) is 5.91 Å². The first kappa shape index (κ1) is 20.7. The predicted octanol–water partition coefficient (Wildman–Crippen LogP) is 2.48. The van der Waals surface area contributed by atoms with Gasteiger partial charge in [-0.2, -0.15) is 0 Å². The van der Waals surface area contributed by atoms with Crippen LogP contribution in [-0.2, 0) is 11.3 Å². The van der Waals surface area contributed by atoms with Gasteiger partial charge in [-0.3, -0.25) is 4.79 Å². The van der Waals surface area contributed by atoms with E-state index in [9.17, 15) is 4.79 Å². The van der Waals surface area contributed by atoms with Crippen molar-refractivity contribution in [1.29, 1.82) is 0 Å². The molecular weight excluding hydrogens is 323 g/mol. The molecule has 5 nitrogen and oxygen atoms in total. The molecule has 0 unspecified atom stereocenters. The fourth-order valence-electron chi connectivity index (χ4n) is 1.96. The molecule has 0 aliphatic carbocycles. The summed E-state index contributed by atoms with van der Waals surface area (Å²) < 4.78 is 2.01. The number of aromatic nitrogens is 2. The highest BCUT2D eigenvalue weighted by Gasteiger charge is 2.27. The van der Waals surface area contributed by atoms with Gasteiger partial charge in [-0.25, -0.2) is 4.98 Å². The molecule has 2 aromatic rings. The minimum absolute atomic E-state index is 0. The van der Waals surface area contributed by atoms with E-state index in [2.05, 4.69) is 10.3 Å². The van der Waals surface area contributed by atoms with E-state index in [1.165, 1.54) is 0 Å². The SMILES string of the molecule is Cc1cccc2nc(CNC(=O)[C@@H](N)C(C)(C)C)cn12.Cl.Cl. The number of nitrogens with one attached hydrogen (secondary N) is 1. The monoisotopic (exact) mass is 346 g/mol. The van der Waals surface area contributed by atoms with Crippen LogP contribution in [0.1, 0.15) is 32.2 Å². The average molecular weight is 347 g/mol. The van der Waals surface area contributed by atoms with E-state index in [0.717, 1.165) is 17.0 Å². The summed E-state index contributed by atoms with van der Waals surface area (Å²) in [5.74, 6) is -0.147. The maximum atomic E-state index is 12.0. The van der Waals surface area contributed by atoms with Gasteiger partial charge in [-0.1, -0.05) is 26.8 Å². The number of hydrogen-bond donors (Lipinski definition) is 2. The third-order valence-electron chi connectivity index (χ3n) is 3.41. The Morgan fingerprint density at radius 2 is 2.00 bits per heavy atom. The number of halogens is 2. The predicted molar refractivity (Wildman–Crippen MR) is 93.7 cm³/mol. The Morgan fingerprint density at radius 3 is 2.55 bits per heavy atom. The van der Waals surface area contributed by atoms with Gasteiger partial charge in [0.1, 0.15) is 5.65 Å². The first-order valence-corrected chi connectivity index (χ1v) is 6.76. The number of imidazole rings is 1. The highest BCUT2D eigenvalue weighted by Crippen LogP contribution is 2.17. The van der Waals surface area contributed by atoms with Gasteiger partial charge in [-0.15, -0.1) is 24.8 Å². The molecule has 3 N–H and O–H groups in total. The van der Waals surface area contributed by atoms with Gasteiger partial charge in [0.15, 0.2) is 0 Å². The minimum atomic E-state index is -0.527. The summed E-state index contributed by atoms with van der Waals surface area (Å²) in [7, 11) is 0. The molecule has 0 bridgehead atoms. The topological polar surface area (TPSA) is 72.4 Å². The number of carbonyl (C=O) groups is 1. The first-order chi connectivity index (χ1) is 9.29. The minimum Gasteiger partial charge on any atom is -0.349 e. The average Bonchev–Trinajstić information content (AvgIpc) is 2.78. The van der Waals surface area contributed by atoms with Crippen molar-refractivity contribution in [1.82, 2.24) is 14.7 Å². The molecule has 124 valence electrons. The van der Waals surface area contributed by atoms with Crippen molar-refractivity contribution in [2.75, 3.05) is 0 Å². The zero-order chi connectivity index (χ0) is 14.9. The third-order valence-corrected chi connectivity index (χ3v) is 3.41. The zero-order valence-corrected chi connectivity index (χ0v) is 14.9. The number of rotatable bonds is 3. The van der Waals surface area contributed by atoms with Gasteiger partial charge < -0.3 is 15.5 Å². The van der Waals surface area contributed by atoms with Crippen LogP contribution >= 0.6 is 24.8 Å². The molecule has 1 atom stereocenters. The Hall–Kier alpha value is -1.30. The van der Waals surface area contributed by atoms with E-state index in [4.69, 9.17) is 5.73 Å². The van der Waals surface area contributed by atoms with Crippen LogP contribution in [0.4, 0.5) is 0 Å². The number of aryl methyl sites for hydroxylation is 1. The number of pyridine rings is 1. The van der Waals surface area contributed by atoms with Crippen LogP contribution in [-0.4, -0.2) is 21.3 Å². The van der Waals surface area contributed by atoms with Crippen LogP contribution in [0.2, 0.25) is 0 Å². The summed E-state index contributed by atoms with van der Waals surface area (Å²) in [6, 6.07) is 5.41. The van der Waals surface area contributed by atoms with Crippen molar-refractivity contribution in [3.63, 3.8) is 0 Å². The number of carbonyl (C=O) groups excluding carboxylic acids is 1. The van der Waals surface area contributed by atoms with Gasteiger partial charge >= 0.3 is 0 Å². The lowest BCUT2D eigenvalue weighted by molar-refractivity contribution is -0.124. The fourth-order valence-corrected chi connectivity index (χ4v) is 1.96. The second-order valence-corrected chi connectivity index (χ2v) is 6.19. The van der Waals surface area contributed by atoms with Crippen LogP contribution < -0.4 is 11.1 Å². The molecule has 0 aliphatic heterocycles. The summed E-state index contributed by atoms with van der Waals surface area (Å²) in [6.07, 6.45) is 1.94. The molecule has 1 amide bonds. The molecule has 0 fully saturated rings. The molecule has 0 radical (unpaired) electrons. The maximum absolute atomic E-state index is 12.0. The lowest BCUT2D eigenvalue weighted by Crippen LogP contribution is -2.48. The first-order valence-electron chi connectivity index (χ1n) is 6.76. The Bertz CT molecular complexity index is 634. The van der Waals surface area contributed by atoms with Crippen molar-refractivity contribution in [3.05, 3.63) is 35.8 Å². The summed E-state index contributed by atoms with van der Waals surface area (Å²) >= 11 is 0. The van der Waals surface area contributed by atoms with Crippen molar-refractivity contribution in [2.45, 2.75) is 40.3 Å². The molecule has 2 rings (SSSR count). The van der Waals surface area contributed by atoms with E-state index in [-0.39, 0.29) is 36.1 Å². The molecule has 22 heavy (non-hydrogen) atoms. The third kappa shape index (κ3) is 4.60. The van der Waals surface area contributed by atoms with Crippen LogP contribution in [0, 0.1) is 12.3 Å². The van der Waals surface area contributed by atoms with E-state index in [0.29, 0.717) is 6.54 Å². The molecule has 0 saturated heterocycles.